The highest BCUT2D eigenvalue weighted by Gasteiger charge is 2.32. The number of aliphatic hydroxyl groups is 1. The van der Waals surface area contributed by atoms with Crippen molar-refractivity contribution >= 4 is 11.4 Å². The van der Waals surface area contributed by atoms with Crippen molar-refractivity contribution in [2.24, 2.45) is 5.92 Å². The number of aromatic amines is 1. The third-order valence-electron chi connectivity index (χ3n) is 4.56. The summed E-state index contributed by atoms with van der Waals surface area (Å²) in [4.78, 5) is 19.3. The SMILES string of the molecule is COc1cc(F)c([N+](=O)[O-])c(N2CCC(C(O)c3ncc[nH]3)CC2)c1. The van der Waals surface area contributed by atoms with Crippen LogP contribution in [0, 0.1) is 21.8 Å². The first kappa shape index (κ1) is 17.2. The minimum Gasteiger partial charge on any atom is -0.497 e. The van der Waals surface area contributed by atoms with Gasteiger partial charge in [-0.15, -0.1) is 0 Å². The molecule has 1 saturated heterocycles. The van der Waals surface area contributed by atoms with E-state index in [-0.39, 0.29) is 17.4 Å². The summed E-state index contributed by atoms with van der Waals surface area (Å²) in [5, 5.41) is 21.6. The molecule has 8 nitrogen and oxygen atoms in total. The molecule has 2 heterocycles. The monoisotopic (exact) mass is 350 g/mol. The molecule has 1 aliphatic heterocycles. The third-order valence-corrected chi connectivity index (χ3v) is 4.56. The summed E-state index contributed by atoms with van der Waals surface area (Å²) < 4.78 is 19.1. The number of halogens is 1. The summed E-state index contributed by atoms with van der Waals surface area (Å²) in [6.45, 7) is 0.936. The van der Waals surface area contributed by atoms with E-state index in [9.17, 15) is 19.6 Å². The lowest BCUT2D eigenvalue weighted by Crippen LogP contribution is -2.36. The molecule has 1 unspecified atom stereocenters. The third kappa shape index (κ3) is 3.41. The van der Waals surface area contributed by atoms with Crippen molar-refractivity contribution in [3.05, 3.63) is 46.3 Å². The Balaban J connectivity index is 1.78. The maximum absolute atomic E-state index is 14.1. The van der Waals surface area contributed by atoms with E-state index in [1.54, 1.807) is 17.3 Å². The largest absolute Gasteiger partial charge is 0.497 e. The smallest absolute Gasteiger partial charge is 0.328 e. The van der Waals surface area contributed by atoms with Gasteiger partial charge in [0.25, 0.3) is 0 Å². The first-order valence-corrected chi connectivity index (χ1v) is 7.95. The summed E-state index contributed by atoms with van der Waals surface area (Å²) in [5.74, 6) is -0.193. The second kappa shape index (κ2) is 7.06. The van der Waals surface area contributed by atoms with Gasteiger partial charge in [-0.3, -0.25) is 10.1 Å². The minimum atomic E-state index is -0.919. The fourth-order valence-corrected chi connectivity index (χ4v) is 3.22. The summed E-state index contributed by atoms with van der Waals surface area (Å²) >= 11 is 0. The van der Waals surface area contributed by atoms with E-state index < -0.39 is 22.5 Å². The van der Waals surface area contributed by atoms with Gasteiger partial charge in [-0.2, -0.15) is 4.39 Å². The van der Waals surface area contributed by atoms with Crippen molar-refractivity contribution in [1.82, 2.24) is 9.97 Å². The molecule has 1 fully saturated rings. The number of anilines is 1. The number of nitro benzene ring substituents is 1. The topological polar surface area (TPSA) is 105 Å². The van der Waals surface area contributed by atoms with E-state index in [0.29, 0.717) is 31.8 Å². The van der Waals surface area contributed by atoms with Crippen molar-refractivity contribution in [2.75, 3.05) is 25.1 Å². The highest BCUT2D eigenvalue weighted by atomic mass is 19.1. The number of ether oxygens (including phenoxy) is 1. The average molecular weight is 350 g/mol. The van der Waals surface area contributed by atoms with Crippen molar-refractivity contribution in [1.29, 1.82) is 0 Å². The van der Waals surface area contributed by atoms with Crippen LogP contribution in [0.2, 0.25) is 0 Å². The zero-order valence-electron chi connectivity index (χ0n) is 13.7. The molecule has 0 radical (unpaired) electrons. The molecule has 2 aromatic rings. The molecule has 0 spiro atoms. The molecule has 0 saturated carbocycles. The molecular weight excluding hydrogens is 331 g/mol. The first-order chi connectivity index (χ1) is 12.0. The number of nitro groups is 1. The van der Waals surface area contributed by atoms with E-state index >= 15 is 0 Å². The molecular formula is C16H19FN4O4. The van der Waals surface area contributed by atoms with Crippen molar-refractivity contribution in [2.45, 2.75) is 18.9 Å². The van der Waals surface area contributed by atoms with E-state index in [1.807, 2.05) is 0 Å². The molecule has 1 aromatic heterocycles. The van der Waals surface area contributed by atoms with Gasteiger partial charge in [0.1, 0.15) is 23.4 Å². The van der Waals surface area contributed by atoms with Crippen molar-refractivity contribution < 1.29 is 19.2 Å². The maximum atomic E-state index is 14.1. The second-order valence-electron chi connectivity index (χ2n) is 5.98. The van der Waals surface area contributed by atoms with Crippen LogP contribution in [0.3, 0.4) is 0 Å². The summed E-state index contributed by atoms with van der Waals surface area (Å²) in [7, 11) is 1.39. The standard InChI is InChI=1S/C16H19FN4O4/c1-25-11-8-12(17)14(21(23)24)13(9-11)20-6-2-10(3-7-20)15(22)16-18-4-5-19-16/h4-5,8-10,15,22H,2-3,6-7H2,1H3,(H,18,19). The number of hydrogen-bond donors (Lipinski definition) is 2. The number of piperidine rings is 1. The molecule has 0 bridgehead atoms. The van der Waals surface area contributed by atoms with Crippen LogP contribution in [0.1, 0.15) is 24.8 Å². The van der Waals surface area contributed by atoms with Gasteiger partial charge in [0.2, 0.25) is 5.82 Å². The minimum absolute atomic E-state index is 0.0167. The second-order valence-corrected chi connectivity index (χ2v) is 5.98. The molecule has 9 heteroatoms. The van der Waals surface area contributed by atoms with Crippen molar-refractivity contribution in [3.63, 3.8) is 0 Å². The lowest BCUT2D eigenvalue weighted by Gasteiger charge is -2.34. The van der Waals surface area contributed by atoms with Crippen LogP contribution in [0.5, 0.6) is 5.75 Å². The summed E-state index contributed by atoms with van der Waals surface area (Å²) in [6, 6.07) is 2.49. The lowest BCUT2D eigenvalue weighted by atomic mass is 9.90. The maximum Gasteiger partial charge on any atom is 0.328 e. The Morgan fingerprint density at radius 2 is 2.20 bits per heavy atom. The van der Waals surface area contributed by atoms with E-state index in [4.69, 9.17) is 4.74 Å². The van der Waals surface area contributed by atoms with Crippen LogP contribution in [-0.2, 0) is 0 Å². The number of methoxy groups -OCH3 is 1. The number of hydrogen-bond acceptors (Lipinski definition) is 6. The molecule has 25 heavy (non-hydrogen) atoms. The zero-order chi connectivity index (χ0) is 18.0. The number of nitrogens with one attached hydrogen (secondary N) is 1. The van der Waals surface area contributed by atoms with Crippen LogP contribution in [0.25, 0.3) is 0 Å². The molecule has 1 aromatic carbocycles. The Morgan fingerprint density at radius 3 is 2.76 bits per heavy atom. The van der Waals surface area contributed by atoms with E-state index in [2.05, 4.69) is 9.97 Å². The molecule has 0 aliphatic carbocycles. The van der Waals surface area contributed by atoms with Gasteiger partial charge in [0, 0.05) is 37.6 Å². The number of benzene rings is 1. The Hall–Kier alpha value is -2.68. The van der Waals surface area contributed by atoms with Gasteiger partial charge in [-0.1, -0.05) is 0 Å². The highest BCUT2D eigenvalue weighted by molar-refractivity contribution is 5.66. The van der Waals surface area contributed by atoms with Crippen LogP contribution in [0.4, 0.5) is 15.8 Å². The fraction of sp³-hybridized carbons (Fsp3) is 0.438. The van der Waals surface area contributed by atoms with Gasteiger partial charge in [-0.05, 0) is 18.8 Å². The molecule has 2 N–H and O–H groups in total. The predicted molar refractivity (Wildman–Crippen MR) is 88.1 cm³/mol. The predicted octanol–water partition coefficient (Wildman–Crippen LogP) is 2.42. The fourth-order valence-electron chi connectivity index (χ4n) is 3.22. The van der Waals surface area contributed by atoms with Crippen molar-refractivity contribution in [3.8, 4) is 5.75 Å². The van der Waals surface area contributed by atoms with E-state index in [1.165, 1.54) is 13.2 Å². The van der Waals surface area contributed by atoms with Crippen LogP contribution >= 0.6 is 0 Å². The normalized spacial score (nSPS) is 16.7. The number of rotatable bonds is 5. The zero-order valence-corrected chi connectivity index (χ0v) is 13.7. The lowest BCUT2D eigenvalue weighted by molar-refractivity contribution is -0.386. The van der Waals surface area contributed by atoms with Gasteiger partial charge in [-0.25, -0.2) is 4.98 Å². The van der Waals surface area contributed by atoms with Gasteiger partial charge in [0.15, 0.2) is 0 Å². The Bertz CT molecular complexity index is 745. The first-order valence-electron chi connectivity index (χ1n) is 7.95. The molecule has 134 valence electrons. The van der Waals surface area contributed by atoms with Gasteiger partial charge in [0.05, 0.1) is 12.0 Å². The summed E-state index contributed by atoms with van der Waals surface area (Å²) in [6.07, 6.45) is 3.73. The Kier molecular flexibility index (Phi) is 4.84. The number of imidazole rings is 1. The van der Waals surface area contributed by atoms with E-state index in [0.717, 1.165) is 6.07 Å². The molecule has 1 atom stereocenters. The molecule has 0 amide bonds. The van der Waals surface area contributed by atoms with Gasteiger partial charge < -0.3 is 19.7 Å². The van der Waals surface area contributed by atoms with Crippen LogP contribution in [-0.4, -0.2) is 40.2 Å². The number of H-pyrrole nitrogens is 1. The number of aliphatic hydroxyl groups excluding tert-OH is 1. The van der Waals surface area contributed by atoms with Gasteiger partial charge >= 0.3 is 5.69 Å². The Morgan fingerprint density at radius 1 is 1.48 bits per heavy atom. The quantitative estimate of drug-likeness (QED) is 0.634. The molecule has 3 rings (SSSR count). The average Bonchev–Trinajstić information content (AvgIpc) is 3.14. The molecule has 1 aliphatic rings. The highest BCUT2D eigenvalue weighted by Crippen LogP contribution is 2.38. The van der Waals surface area contributed by atoms with Crippen LogP contribution < -0.4 is 9.64 Å². The number of aromatic nitrogens is 2. The Labute approximate surface area is 143 Å². The van der Waals surface area contributed by atoms with Crippen LogP contribution in [0.15, 0.2) is 24.5 Å². The summed E-state index contributed by atoms with van der Waals surface area (Å²) in [5.41, 5.74) is -0.348. The number of nitrogens with zero attached hydrogens (tertiary/aromatic N) is 3.